The number of nitrogens with one attached hydrogen (secondary N) is 2. The molecule has 0 spiro atoms. The summed E-state index contributed by atoms with van der Waals surface area (Å²) in [5, 5.41) is 6.10. The van der Waals surface area contributed by atoms with Crippen molar-refractivity contribution < 1.29 is 13.2 Å². The zero-order chi connectivity index (χ0) is 21.8. The van der Waals surface area contributed by atoms with Gasteiger partial charge in [0.1, 0.15) is 0 Å². The molecule has 2 N–H and O–H groups in total. The van der Waals surface area contributed by atoms with E-state index >= 15 is 0 Å². The van der Waals surface area contributed by atoms with E-state index in [1.54, 1.807) is 45.2 Å². The van der Waals surface area contributed by atoms with Gasteiger partial charge >= 0.3 is 0 Å². The molecule has 0 radical (unpaired) electrons. The first-order chi connectivity index (χ1) is 14.2. The van der Waals surface area contributed by atoms with Crippen LogP contribution in [0.2, 0.25) is 0 Å². The summed E-state index contributed by atoms with van der Waals surface area (Å²) in [6.45, 7) is 5.49. The Morgan fingerprint density at radius 1 is 0.967 bits per heavy atom. The van der Waals surface area contributed by atoms with Crippen LogP contribution in [0.4, 0.5) is 11.4 Å². The van der Waals surface area contributed by atoms with Crippen LogP contribution in [-0.2, 0) is 16.4 Å². The fourth-order valence-corrected chi connectivity index (χ4v) is 3.63. The Kier molecular flexibility index (Phi) is 6.17. The summed E-state index contributed by atoms with van der Waals surface area (Å²) in [6, 6.07) is 14.1. The maximum absolute atomic E-state index is 12.4. The lowest BCUT2D eigenvalue weighted by Crippen LogP contribution is -2.28. The second-order valence-corrected chi connectivity index (χ2v) is 10.4. The summed E-state index contributed by atoms with van der Waals surface area (Å²) < 4.78 is 24.0. The molecule has 3 aromatic rings. The Hall–Kier alpha value is -3.26. The van der Waals surface area contributed by atoms with Crippen molar-refractivity contribution in [3.8, 4) is 0 Å². The maximum atomic E-state index is 12.4. The van der Waals surface area contributed by atoms with E-state index in [4.69, 9.17) is 0 Å². The predicted molar refractivity (Wildman–Crippen MR) is 117 cm³/mol. The third kappa shape index (κ3) is 5.01. The topological polar surface area (TPSA) is 101 Å². The molecule has 0 unspecified atom stereocenters. The van der Waals surface area contributed by atoms with Gasteiger partial charge in [-0.25, -0.2) is 13.4 Å². The van der Waals surface area contributed by atoms with Gasteiger partial charge in [0.15, 0.2) is 14.9 Å². The largest absolute Gasteiger partial charge is 0.380 e. The molecule has 2 aromatic heterocycles. The number of carbonyl (C=O) groups is 1. The fraction of sp³-hybridized carbons (Fsp3) is 0.227. The summed E-state index contributed by atoms with van der Waals surface area (Å²) in [5.74, 6) is -0.217. The summed E-state index contributed by atoms with van der Waals surface area (Å²) in [4.78, 5) is 20.2. The summed E-state index contributed by atoms with van der Waals surface area (Å²) in [7, 11) is -3.47. The van der Waals surface area contributed by atoms with Crippen molar-refractivity contribution in [3.05, 3.63) is 78.2 Å². The summed E-state index contributed by atoms with van der Waals surface area (Å²) in [6.07, 6.45) is 4.64. The SMILES string of the molecule is CC(C)(C)S(=O)(=O)c1ccc(NCc2ccc(NC(=O)c3cccnc3)cc2)cn1. The number of hydrogen-bond acceptors (Lipinski definition) is 6. The number of carbonyl (C=O) groups excluding carboxylic acids is 1. The molecule has 0 atom stereocenters. The van der Waals surface area contributed by atoms with Crippen LogP contribution >= 0.6 is 0 Å². The minimum Gasteiger partial charge on any atom is -0.380 e. The molecule has 1 amide bonds. The Bertz CT molecular complexity index is 1110. The molecule has 0 bridgehead atoms. The molecule has 2 heterocycles. The average Bonchev–Trinajstić information content (AvgIpc) is 2.73. The lowest BCUT2D eigenvalue weighted by atomic mass is 10.2. The Labute approximate surface area is 176 Å². The predicted octanol–water partition coefficient (Wildman–Crippen LogP) is 3.91. The van der Waals surface area contributed by atoms with Gasteiger partial charge in [0.05, 0.1) is 22.2 Å². The lowest BCUT2D eigenvalue weighted by Gasteiger charge is -2.18. The Morgan fingerprint density at radius 3 is 2.23 bits per heavy atom. The van der Waals surface area contributed by atoms with Gasteiger partial charge in [-0.05, 0) is 62.7 Å². The van der Waals surface area contributed by atoms with Crippen LogP contribution in [0.5, 0.6) is 0 Å². The van der Waals surface area contributed by atoms with Crippen LogP contribution in [0.1, 0.15) is 36.7 Å². The zero-order valence-electron chi connectivity index (χ0n) is 17.1. The first kappa shape index (κ1) is 21.4. The van der Waals surface area contributed by atoms with E-state index < -0.39 is 14.6 Å². The normalized spacial score (nSPS) is 11.7. The van der Waals surface area contributed by atoms with E-state index in [0.717, 1.165) is 11.3 Å². The third-order valence-corrected chi connectivity index (χ3v) is 6.85. The standard InChI is InChI=1S/C22H24N4O3S/c1-22(2,3)30(28,29)20-11-10-19(15-25-20)24-13-16-6-8-18(9-7-16)26-21(27)17-5-4-12-23-14-17/h4-12,14-15,24H,13H2,1-3H3,(H,26,27). The Morgan fingerprint density at radius 2 is 1.67 bits per heavy atom. The number of amides is 1. The Balaban J connectivity index is 1.58. The minimum absolute atomic E-state index is 0.0641. The van der Waals surface area contributed by atoms with Crippen molar-refractivity contribution in [2.75, 3.05) is 10.6 Å². The summed E-state index contributed by atoms with van der Waals surface area (Å²) in [5.41, 5.74) is 2.90. The molecule has 0 aliphatic heterocycles. The highest BCUT2D eigenvalue weighted by atomic mass is 32.2. The van der Waals surface area contributed by atoms with Crippen molar-refractivity contribution in [2.45, 2.75) is 37.1 Å². The van der Waals surface area contributed by atoms with Crippen LogP contribution in [-0.4, -0.2) is 29.0 Å². The first-order valence-corrected chi connectivity index (χ1v) is 10.9. The minimum atomic E-state index is -3.47. The number of anilines is 2. The fourth-order valence-electron chi connectivity index (χ4n) is 2.57. The highest BCUT2D eigenvalue weighted by molar-refractivity contribution is 7.92. The van der Waals surface area contributed by atoms with Gasteiger partial charge in [-0.1, -0.05) is 12.1 Å². The van der Waals surface area contributed by atoms with Crippen molar-refractivity contribution in [2.24, 2.45) is 0 Å². The molecular weight excluding hydrogens is 400 g/mol. The zero-order valence-corrected chi connectivity index (χ0v) is 17.9. The number of pyridine rings is 2. The number of benzene rings is 1. The van der Waals surface area contributed by atoms with Crippen LogP contribution in [0.15, 0.2) is 72.1 Å². The van der Waals surface area contributed by atoms with Crippen LogP contribution in [0.25, 0.3) is 0 Å². The monoisotopic (exact) mass is 424 g/mol. The molecule has 0 fully saturated rings. The van der Waals surface area contributed by atoms with Crippen molar-refractivity contribution >= 4 is 27.1 Å². The van der Waals surface area contributed by atoms with E-state index in [-0.39, 0.29) is 10.9 Å². The van der Waals surface area contributed by atoms with Crippen molar-refractivity contribution in [1.29, 1.82) is 0 Å². The molecule has 30 heavy (non-hydrogen) atoms. The molecular formula is C22H24N4O3S. The maximum Gasteiger partial charge on any atom is 0.257 e. The molecule has 7 nitrogen and oxygen atoms in total. The third-order valence-electron chi connectivity index (χ3n) is 4.45. The van der Waals surface area contributed by atoms with E-state index in [0.29, 0.717) is 17.8 Å². The van der Waals surface area contributed by atoms with E-state index in [1.165, 1.54) is 18.5 Å². The number of sulfone groups is 1. The van der Waals surface area contributed by atoms with Crippen LogP contribution in [0.3, 0.4) is 0 Å². The molecule has 0 saturated carbocycles. The second-order valence-electron chi connectivity index (χ2n) is 7.75. The highest BCUT2D eigenvalue weighted by Crippen LogP contribution is 2.24. The average molecular weight is 425 g/mol. The van der Waals surface area contributed by atoms with Crippen LogP contribution in [0, 0.1) is 0 Å². The molecule has 156 valence electrons. The molecule has 0 saturated heterocycles. The van der Waals surface area contributed by atoms with Gasteiger partial charge in [-0.15, -0.1) is 0 Å². The van der Waals surface area contributed by atoms with Crippen molar-refractivity contribution in [1.82, 2.24) is 9.97 Å². The smallest absolute Gasteiger partial charge is 0.257 e. The number of nitrogens with zero attached hydrogens (tertiary/aromatic N) is 2. The number of rotatable bonds is 6. The molecule has 0 aliphatic carbocycles. The van der Waals surface area contributed by atoms with Crippen LogP contribution < -0.4 is 10.6 Å². The van der Waals surface area contributed by atoms with Gasteiger partial charge in [0, 0.05) is 24.6 Å². The molecule has 3 rings (SSSR count). The highest BCUT2D eigenvalue weighted by Gasteiger charge is 2.31. The quantitative estimate of drug-likeness (QED) is 0.622. The first-order valence-electron chi connectivity index (χ1n) is 9.42. The molecule has 8 heteroatoms. The van der Waals surface area contributed by atoms with E-state index in [9.17, 15) is 13.2 Å². The number of hydrogen-bond donors (Lipinski definition) is 2. The van der Waals surface area contributed by atoms with Gasteiger partial charge in [0.2, 0.25) is 0 Å². The van der Waals surface area contributed by atoms with E-state index in [2.05, 4.69) is 20.6 Å². The van der Waals surface area contributed by atoms with Gasteiger partial charge < -0.3 is 10.6 Å². The van der Waals surface area contributed by atoms with Crippen molar-refractivity contribution in [3.63, 3.8) is 0 Å². The number of aromatic nitrogens is 2. The lowest BCUT2D eigenvalue weighted by molar-refractivity contribution is 0.102. The van der Waals surface area contributed by atoms with Gasteiger partial charge in [-0.3, -0.25) is 9.78 Å². The second kappa shape index (κ2) is 8.62. The molecule has 0 aliphatic rings. The van der Waals surface area contributed by atoms with Gasteiger partial charge in [0.25, 0.3) is 5.91 Å². The van der Waals surface area contributed by atoms with Gasteiger partial charge in [-0.2, -0.15) is 0 Å². The summed E-state index contributed by atoms with van der Waals surface area (Å²) >= 11 is 0. The molecule has 1 aromatic carbocycles. The van der Waals surface area contributed by atoms with E-state index in [1.807, 2.05) is 24.3 Å².